The van der Waals surface area contributed by atoms with Crippen LogP contribution in [0.15, 0.2) is 47.4 Å². The van der Waals surface area contributed by atoms with Crippen molar-refractivity contribution < 1.29 is 13.2 Å². The maximum atomic E-state index is 12.1. The minimum Gasteiger partial charge on any atom is -0.385 e. The van der Waals surface area contributed by atoms with Crippen LogP contribution in [-0.2, 0) is 14.8 Å². The Kier molecular flexibility index (Phi) is 5.68. The summed E-state index contributed by atoms with van der Waals surface area (Å²) in [6.07, 6.45) is 0.848. The lowest BCUT2D eigenvalue weighted by molar-refractivity contribution is 0.197. The molecule has 0 aliphatic rings. The molecule has 0 aliphatic carbocycles. The number of sulfonamides is 1. The van der Waals surface area contributed by atoms with Gasteiger partial charge in [0.05, 0.1) is 4.90 Å². The third-order valence-corrected chi connectivity index (χ3v) is 4.16. The van der Waals surface area contributed by atoms with Crippen LogP contribution in [0.2, 0.25) is 0 Å². The molecule has 118 valence electrons. The summed E-state index contributed by atoms with van der Waals surface area (Å²) in [4.78, 5) is 0.179. The SMILES string of the molecule is COCCCNc1ccc(NS(=O)(=O)c2ccccc2)nn1. The number of methoxy groups -OCH3 is 1. The van der Waals surface area contributed by atoms with Crippen LogP contribution in [-0.4, -0.2) is 38.9 Å². The number of aromatic nitrogens is 2. The smallest absolute Gasteiger partial charge is 0.263 e. The highest BCUT2D eigenvalue weighted by molar-refractivity contribution is 7.92. The topological polar surface area (TPSA) is 93.2 Å². The number of anilines is 2. The Morgan fingerprint density at radius 2 is 1.73 bits per heavy atom. The van der Waals surface area contributed by atoms with Gasteiger partial charge in [-0.2, -0.15) is 0 Å². The van der Waals surface area contributed by atoms with Crippen molar-refractivity contribution in [2.45, 2.75) is 11.3 Å². The highest BCUT2D eigenvalue weighted by Crippen LogP contribution is 2.14. The Morgan fingerprint density at radius 3 is 2.36 bits per heavy atom. The summed E-state index contributed by atoms with van der Waals surface area (Å²) in [6, 6.07) is 11.3. The molecule has 0 spiro atoms. The van der Waals surface area contributed by atoms with E-state index in [4.69, 9.17) is 4.74 Å². The number of nitrogens with zero attached hydrogens (tertiary/aromatic N) is 2. The van der Waals surface area contributed by atoms with Gasteiger partial charge in [-0.25, -0.2) is 8.42 Å². The van der Waals surface area contributed by atoms with Crippen LogP contribution in [0.25, 0.3) is 0 Å². The number of benzene rings is 1. The zero-order chi connectivity index (χ0) is 15.8. The lowest BCUT2D eigenvalue weighted by Crippen LogP contribution is -2.14. The number of hydrogen-bond acceptors (Lipinski definition) is 6. The van der Waals surface area contributed by atoms with E-state index in [-0.39, 0.29) is 10.7 Å². The Labute approximate surface area is 129 Å². The first-order valence-corrected chi connectivity index (χ1v) is 8.24. The van der Waals surface area contributed by atoms with E-state index in [1.165, 1.54) is 12.1 Å². The molecule has 0 saturated carbocycles. The lowest BCUT2D eigenvalue weighted by Gasteiger charge is -2.08. The fourth-order valence-electron chi connectivity index (χ4n) is 1.71. The van der Waals surface area contributed by atoms with E-state index >= 15 is 0 Å². The summed E-state index contributed by atoms with van der Waals surface area (Å²) in [6.45, 7) is 1.37. The number of ether oxygens (including phenoxy) is 1. The fraction of sp³-hybridized carbons (Fsp3) is 0.286. The molecule has 2 aromatic rings. The van der Waals surface area contributed by atoms with Gasteiger partial charge < -0.3 is 10.1 Å². The molecule has 0 saturated heterocycles. The molecule has 1 aromatic heterocycles. The largest absolute Gasteiger partial charge is 0.385 e. The fourth-order valence-corrected chi connectivity index (χ4v) is 2.73. The maximum absolute atomic E-state index is 12.1. The molecule has 2 rings (SSSR count). The molecule has 0 radical (unpaired) electrons. The zero-order valence-electron chi connectivity index (χ0n) is 12.2. The van der Waals surface area contributed by atoms with Gasteiger partial charge in [0.25, 0.3) is 10.0 Å². The van der Waals surface area contributed by atoms with Crippen molar-refractivity contribution in [3.8, 4) is 0 Å². The van der Waals surface area contributed by atoms with Crippen LogP contribution in [0.1, 0.15) is 6.42 Å². The summed E-state index contributed by atoms with van der Waals surface area (Å²) in [5.74, 6) is 0.755. The van der Waals surface area contributed by atoms with Crippen molar-refractivity contribution >= 4 is 21.7 Å². The van der Waals surface area contributed by atoms with E-state index < -0.39 is 10.0 Å². The number of rotatable bonds is 8. The van der Waals surface area contributed by atoms with Crippen LogP contribution >= 0.6 is 0 Å². The van der Waals surface area contributed by atoms with E-state index in [2.05, 4.69) is 20.2 Å². The van der Waals surface area contributed by atoms with Gasteiger partial charge in [0.1, 0.15) is 5.82 Å². The second-order valence-corrected chi connectivity index (χ2v) is 6.18. The minimum absolute atomic E-state index is 0.172. The standard InChI is InChI=1S/C14H18N4O3S/c1-21-11-5-10-15-13-8-9-14(17-16-13)18-22(19,20)12-6-3-2-4-7-12/h2-4,6-9H,5,10-11H2,1H3,(H,15,16)(H,17,18). The van der Waals surface area contributed by atoms with Crippen molar-refractivity contribution in [2.24, 2.45) is 0 Å². The first kappa shape index (κ1) is 16.2. The van der Waals surface area contributed by atoms with E-state index in [0.717, 1.165) is 6.42 Å². The Morgan fingerprint density at radius 1 is 1.05 bits per heavy atom. The molecule has 0 unspecified atom stereocenters. The average molecular weight is 322 g/mol. The van der Waals surface area contributed by atoms with E-state index in [0.29, 0.717) is 19.0 Å². The maximum Gasteiger partial charge on any atom is 0.263 e. The van der Waals surface area contributed by atoms with Crippen LogP contribution in [0.5, 0.6) is 0 Å². The van der Waals surface area contributed by atoms with Gasteiger partial charge in [0.15, 0.2) is 5.82 Å². The molecular formula is C14H18N4O3S. The van der Waals surface area contributed by atoms with E-state index in [1.54, 1.807) is 37.4 Å². The monoisotopic (exact) mass is 322 g/mol. The van der Waals surface area contributed by atoms with Gasteiger partial charge in [0.2, 0.25) is 0 Å². The van der Waals surface area contributed by atoms with Gasteiger partial charge in [-0.1, -0.05) is 18.2 Å². The molecule has 0 atom stereocenters. The van der Waals surface area contributed by atoms with Crippen molar-refractivity contribution in [2.75, 3.05) is 30.3 Å². The number of nitrogens with one attached hydrogen (secondary N) is 2. The normalized spacial score (nSPS) is 11.1. The average Bonchev–Trinajstić information content (AvgIpc) is 2.54. The van der Waals surface area contributed by atoms with Crippen LogP contribution < -0.4 is 10.0 Å². The second kappa shape index (κ2) is 7.71. The summed E-state index contributed by atoms with van der Waals surface area (Å²) in [5.41, 5.74) is 0. The van der Waals surface area contributed by atoms with Gasteiger partial charge >= 0.3 is 0 Å². The van der Waals surface area contributed by atoms with Crippen molar-refractivity contribution in [3.05, 3.63) is 42.5 Å². The van der Waals surface area contributed by atoms with Gasteiger partial charge in [-0.3, -0.25) is 4.72 Å². The summed E-state index contributed by atoms with van der Waals surface area (Å²) < 4.78 is 31.6. The Balaban J connectivity index is 1.96. The minimum atomic E-state index is -3.64. The third kappa shape index (κ3) is 4.68. The molecule has 0 aliphatic heterocycles. The van der Waals surface area contributed by atoms with Gasteiger partial charge in [0, 0.05) is 20.3 Å². The van der Waals surface area contributed by atoms with Crippen LogP contribution in [0.4, 0.5) is 11.6 Å². The predicted octanol–water partition coefficient (Wildman–Crippen LogP) is 1.73. The van der Waals surface area contributed by atoms with E-state index in [9.17, 15) is 8.42 Å². The van der Waals surface area contributed by atoms with Crippen LogP contribution in [0.3, 0.4) is 0 Å². The third-order valence-electron chi connectivity index (χ3n) is 2.79. The molecule has 0 fully saturated rings. The molecule has 2 N–H and O–H groups in total. The molecule has 22 heavy (non-hydrogen) atoms. The molecule has 1 aromatic carbocycles. The molecular weight excluding hydrogens is 304 g/mol. The van der Waals surface area contributed by atoms with Crippen molar-refractivity contribution in [3.63, 3.8) is 0 Å². The highest BCUT2D eigenvalue weighted by atomic mass is 32.2. The summed E-state index contributed by atoms with van der Waals surface area (Å²) in [5, 5.41) is 10.8. The molecule has 1 heterocycles. The van der Waals surface area contributed by atoms with E-state index in [1.807, 2.05) is 0 Å². The summed E-state index contributed by atoms with van der Waals surface area (Å²) >= 11 is 0. The molecule has 0 bridgehead atoms. The second-order valence-electron chi connectivity index (χ2n) is 4.50. The van der Waals surface area contributed by atoms with Crippen molar-refractivity contribution in [1.82, 2.24) is 10.2 Å². The van der Waals surface area contributed by atoms with Gasteiger partial charge in [-0.15, -0.1) is 10.2 Å². The van der Waals surface area contributed by atoms with Gasteiger partial charge in [-0.05, 0) is 30.7 Å². The molecule has 0 amide bonds. The van der Waals surface area contributed by atoms with Crippen LogP contribution in [0, 0.1) is 0 Å². The first-order valence-electron chi connectivity index (χ1n) is 6.76. The highest BCUT2D eigenvalue weighted by Gasteiger charge is 2.14. The quantitative estimate of drug-likeness (QED) is 0.719. The lowest BCUT2D eigenvalue weighted by atomic mass is 10.4. The summed E-state index contributed by atoms with van der Waals surface area (Å²) in [7, 11) is -1.99. The molecule has 8 heteroatoms. The predicted molar refractivity (Wildman–Crippen MR) is 84.3 cm³/mol. The Hall–Kier alpha value is -2.19. The zero-order valence-corrected chi connectivity index (χ0v) is 13.0. The van der Waals surface area contributed by atoms with Crippen molar-refractivity contribution in [1.29, 1.82) is 0 Å². The molecule has 7 nitrogen and oxygen atoms in total. The first-order chi connectivity index (χ1) is 10.6. The number of hydrogen-bond donors (Lipinski definition) is 2. The Bertz CT molecular complexity index is 675.